The zero-order chi connectivity index (χ0) is 12.3. The van der Waals surface area contributed by atoms with Gasteiger partial charge in [-0.05, 0) is 19.8 Å². The lowest BCUT2D eigenvalue weighted by Crippen LogP contribution is -2.32. The molecule has 1 amide bonds. The van der Waals surface area contributed by atoms with Crippen LogP contribution in [0.15, 0.2) is 21.5 Å². The van der Waals surface area contributed by atoms with Crippen LogP contribution in [-0.2, 0) is 4.79 Å². The molecule has 1 aromatic rings. The minimum Gasteiger partial charge on any atom is -0.476 e. The Morgan fingerprint density at radius 1 is 1.47 bits per heavy atom. The van der Waals surface area contributed by atoms with Gasteiger partial charge in [-0.2, -0.15) is 0 Å². The quantitative estimate of drug-likeness (QED) is 0.785. The molecule has 0 radical (unpaired) electrons. The Labute approximate surface area is 99.0 Å². The van der Waals surface area contributed by atoms with E-state index in [1.165, 1.54) is 12.3 Å². The lowest BCUT2D eigenvalue weighted by molar-refractivity contribution is -0.132. The number of carbonyl (C=O) groups excluding carboxylic acids is 1. The van der Waals surface area contributed by atoms with E-state index in [-0.39, 0.29) is 23.7 Å². The molecule has 1 aliphatic heterocycles. The molecule has 0 bridgehead atoms. The fraction of sp³-hybridized carbons (Fsp3) is 0.500. The maximum Gasteiger partial charge on any atom is 0.260 e. The minimum absolute atomic E-state index is 0.0786. The molecule has 1 aliphatic rings. The lowest BCUT2D eigenvalue weighted by Gasteiger charge is -2.15. The van der Waals surface area contributed by atoms with E-state index in [4.69, 9.17) is 9.15 Å². The monoisotopic (exact) mass is 237 g/mol. The highest BCUT2D eigenvalue weighted by molar-refractivity contribution is 5.78. The van der Waals surface area contributed by atoms with Crippen LogP contribution in [0.25, 0.3) is 0 Å². The second-order valence-corrected chi connectivity index (χ2v) is 4.05. The molecule has 2 rings (SSSR count). The Morgan fingerprint density at radius 3 is 2.82 bits per heavy atom. The van der Waals surface area contributed by atoms with Crippen molar-refractivity contribution in [3.63, 3.8) is 0 Å². The SMILES string of the molecule is Cc1occc(=O)c1OCC(=O)N1CCCC1. The third-order valence-electron chi connectivity index (χ3n) is 2.81. The molecule has 1 fully saturated rings. The van der Waals surface area contributed by atoms with Gasteiger partial charge in [0.15, 0.2) is 6.61 Å². The molecule has 92 valence electrons. The average molecular weight is 237 g/mol. The van der Waals surface area contributed by atoms with Gasteiger partial charge in [0.2, 0.25) is 11.2 Å². The predicted octanol–water partition coefficient (Wildman–Crippen LogP) is 0.949. The number of ether oxygens (including phenoxy) is 1. The van der Waals surface area contributed by atoms with Crippen LogP contribution in [0, 0.1) is 6.92 Å². The first kappa shape index (κ1) is 11.7. The van der Waals surface area contributed by atoms with Gasteiger partial charge in [-0.25, -0.2) is 0 Å². The van der Waals surface area contributed by atoms with Gasteiger partial charge >= 0.3 is 0 Å². The largest absolute Gasteiger partial charge is 0.476 e. The number of likely N-dealkylation sites (tertiary alicyclic amines) is 1. The Hall–Kier alpha value is -1.78. The van der Waals surface area contributed by atoms with Crippen molar-refractivity contribution in [3.05, 3.63) is 28.3 Å². The van der Waals surface area contributed by atoms with E-state index in [1.807, 2.05) is 0 Å². The number of nitrogens with zero attached hydrogens (tertiary/aromatic N) is 1. The Morgan fingerprint density at radius 2 is 2.18 bits per heavy atom. The highest BCUT2D eigenvalue weighted by Crippen LogP contribution is 2.12. The van der Waals surface area contributed by atoms with E-state index < -0.39 is 0 Å². The summed E-state index contributed by atoms with van der Waals surface area (Å²) in [5, 5.41) is 0. The molecule has 2 heterocycles. The van der Waals surface area contributed by atoms with Gasteiger partial charge in [0, 0.05) is 19.2 Å². The van der Waals surface area contributed by atoms with Crippen LogP contribution in [-0.4, -0.2) is 30.5 Å². The van der Waals surface area contributed by atoms with Crippen LogP contribution in [0.5, 0.6) is 5.75 Å². The molecule has 17 heavy (non-hydrogen) atoms. The molecule has 0 N–H and O–H groups in total. The third kappa shape index (κ3) is 2.67. The Kier molecular flexibility index (Phi) is 3.46. The van der Waals surface area contributed by atoms with Crippen LogP contribution >= 0.6 is 0 Å². The lowest BCUT2D eigenvalue weighted by atomic mass is 10.4. The Balaban J connectivity index is 1.97. The van der Waals surface area contributed by atoms with Crippen molar-refractivity contribution in [1.82, 2.24) is 4.90 Å². The second-order valence-electron chi connectivity index (χ2n) is 4.05. The van der Waals surface area contributed by atoms with Gasteiger partial charge in [0.1, 0.15) is 5.76 Å². The molecule has 0 unspecified atom stereocenters. The zero-order valence-electron chi connectivity index (χ0n) is 9.77. The summed E-state index contributed by atoms with van der Waals surface area (Å²) in [6.45, 7) is 3.10. The number of aryl methyl sites for hydroxylation is 1. The standard InChI is InChI=1S/C12H15NO4/c1-9-12(10(14)4-7-16-9)17-8-11(15)13-5-2-3-6-13/h4,7H,2-3,5-6,8H2,1H3. The summed E-state index contributed by atoms with van der Waals surface area (Å²) in [4.78, 5) is 24.9. The topological polar surface area (TPSA) is 59.8 Å². The first-order chi connectivity index (χ1) is 8.18. The summed E-state index contributed by atoms with van der Waals surface area (Å²) in [6.07, 6.45) is 3.39. The highest BCUT2D eigenvalue weighted by atomic mass is 16.5. The normalized spacial score (nSPS) is 15.0. The van der Waals surface area contributed by atoms with Crippen LogP contribution in [0.4, 0.5) is 0 Å². The second kappa shape index (κ2) is 5.03. The van der Waals surface area contributed by atoms with Crippen molar-refractivity contribution in [2.75, 3.05) is 19.7 Å². The Bertz CT molecular complexity index is 460. The van der Waals surface area contributed by atoms with Crippen LogP contribution in [0.1, 0.15) is 18.6 Å². The highest BCUT2D eigenvalue weighted by Gasteiger charge is 2.19. The van der Waals surface area contributed by atoms with E-state index >= 15 is 0 Å². The molecule has 1 aromatic heterocycles. The van der Waals surface area contributed by atoms with E-state index in [0.717, 1.165) is 25.9 Å². The first-order valence-corrected chi connectivity index (χ1v) is 5.67. The summed E-state index contributed by atoms with van der Waals surface area (Å²) in [7, 11) is 0. The van der Waals surface area contributed by atoms with Crippen molar-refractivity contribution in [2.24, 2.45) is 0 Å². The van der Waals surface area contributed by atoms with Crippen molar-refractivity contribution < 1.29 is 13.9 Å². The summed E-state index contributed by atoms with van der Waals surface area (Å²) < 4.78 is 10.3. The maximum absolute atomic E-state index is 11.7. The van der Waals surface area contributed by atoms with Crippen LogP contribution in [0.3, 0.4) is 0 Å². The van der Waals surface area contributed by atoms with Crippen LogP contribution < -0.4 is 10.2 Å². The maximum atomic E-state index is 11.7. The summed E-state index contributed by atoms with van der Waals surface area (Å²) in [5.74, 6) is 0.442. The van der Waals surface area contributed by atoms with E-state index in [2.05, 4.69) is 0 Å². The molecule has 0 aliphatic carbocycles. The zero-order valence-corrected chi connectivity index (χ0v) is 9.77. The van der Waals surface area contributed by atoms with Crippen molar-refractivity contribution in [1.29, 1.82) is 0 Å². The minimum atomic E-state index is -0.261. The van der Waals surface area contributed by atoms with Gasteiger partial charge in [0.05, 0.1) is 6.26 Å². The van der Waals surface area contributed by atoms with Gasteiger partial charge in [0.25, 0.3) is 5.91 Å². The number of carbonyl (C=O) groups is 1. The molecule has 0 spiro atoms. The molecular weight excluding hydrogens is 222 g/mol. The van der Waals surface area contributed by atoms with Gasteiger partial charge in [-0.1, -0.05) is 0 Å². The first-order valence-electron chi connectivity index (χ1n) is 5.67. The van der Waals surface area contributed by atoms with E-state index in [0.29, 0.717) is 5.76 Å². The van der Waals surface area contributed by atoms with E-state index in [9.17, 15) is 9.59 Å². The summed E-state index contributed by atoms with van der Waals surface area (Å²) in [5.41, 5.74) is -0.261. The van der Waals surface area contributed by atoms with E-state index in [1.54, 1.807) is 11.8 Å². The van der Waals surface area contributed by atoms with Crippen LogP contribution in [0.2, 0.25) is 0 Å². The number of hydrogen-bond donors (Lipinski definition) is 0. The third-order valence-corrected chi connectivity index (χ3v) is 2.81. The molecule has 0 aromatic carbocycles. The van der Waals surface area contributed by atoms with Gasteiger partial charge in [-0.3, -0.25) is 9.59 Å². The summed E-state index contributed by atoms with van der Waals surface area (Å²) >= 11 is 0. The van der Waals surface area contributed by atoms with Crippen molar-refractivity contribution in [3.8, 4) is 5.75 Å². The number of hydrogen-bond acceptors (Lipinski definition) is 4. The smallest absolute Gasteiger partial charge is 0.260 e. The molecular formula is C12H15NO4. The fourth-order valence-electron chi connectivity index (χ4n) is 1.87. The van der Waals surface area contributed by atoms with Gasteiger partial charge < -0.3 is 14.1 Å². The molecule has 5 heteroatoms. The predicted molar refractivity (Wildman–Crippen MR) is 61.0 cm³/mol. The number of rotatable bonds is 3. The summed E-state index contributed by atoms with van der Waals surface area (Å²) in [6, 6.07) is 1.28. The molecule has 0 saturated carbocycles. The molecule has 0 atom stereocenters. The molecule has 1 saturated heterocycles. The average Bonchev–Trinajstić information content (AvgIpc) is 2.81. The number of amides is 1. The fourth-order valence-corrected chi connectivity index (χ4v) is 1.87. The van der Waals surface area contributed by atoms with Crippen molar-refractivity contribution in [2.45, 2.75) is 19.8 Å². The van der Waals surface area contributed by atoms with Crippen molar-refractivity contribution >= 4 is 5.91 Å². The van der Waals surface area contributed by atoms with Gasteiger partial charge in [-0.15, -0.1) is 0 Å². The molecule has 5 nitrogen and oxygen atoms in total.